The minimum absolute atomic E-state index is 0.458. The quantitative estimate of drug-likeness (QED) is 0.872. The number of anilines is 1. The topological polar surface area (TPSA) is 23.5 Å². The molecule has 0 aromatic heterocycles. The monoisotopic (exact) mass is 239 g/mol. The van der Waals surface area contributed by atoms with Gasteiger partial charge in [-0.25, -0.2) is 0 Å². The van der Waals surface area contributed by atoms with E-state index in [4.69, 9.17) is 11.6 Å². The lowest BCUT2D eigenvalue weighted by atomic mass is 10.1. The van der Waals surface area contributed by atoms with Crippen molar-refractivity contribution in [2.75, 3.05) is 18.5 Å². The van der Waals surface area contributed by atoms with Crippen LogP contribution in [0.15, 0.2) is 18.2 Å². The Morgan fingerprint density at radius 1 is 1.50 bits per heavy atom. The lowest BCUT2D eigenvalue weighted by Gasteiger charge is -2.21. The Hall–Kier alpha value is -0.730. The van der Waals surface area contributed by atoms with E-state index in [1.54, 1.807) is 6.92 Å². The molecular weight excluding hydrogens is 222 g/mol. The van der Waals surface area contributed by atoms with E-state index in [-0.39, 0.29) is 0 Å². The minimum atomic E-state index is -0.458. The lowest BCUT2D eigenvalue weighted by molar-refractivity contribution is 0.199. The summed E-state index contributed by atoms with van der Waals surface area (Å²) in [6.45, 7) is 2.83. The Labute approximate surface area is 102 Å². The molecule has 0 amide bonds. The zero-order valence-corrected chi connectivity index (χ0v) is 10.5. The molecule has 1 fully saturated rings. The van der Waals surface area contributed by atoms with Gasteiger partial charge in [0.05, 0.1) is 16.8 Å². The van der Waals surface area contributed by atoms with E-state index in [9.17, 15) is 5.11 Å². The third-order valence-corrected chi connectivity index (χ3v) is 3.40. The average Bonchev–Trinajstić information content (AvgIpc) is 3.01. The van der Waals surface area contributed by atoms with Crippen LogP contribution >= 0.6 is 11.6 Å². The SMILES string of the molecule is C[C@@H](O)c1ccc(N(C)CC2CC2)c(Cl)c1. The number of hydrogen-bond acceptors (Lipinski definition) is 2. The first kappa shape index (κ1) is 11.7. The van der Waals surface area contributed by atoms with Crippen LogP contribution in [-0.2, 0) is 0 Å². The molecule has 2 rings (SSSR count). The Morgan fingerprint density at radius 3 is 2.69 bits per heavy atom. The maximum Gasteiger partial charge on any atom is 0.0762 e. The molecule has 1 aliphatic carbocycles. The molecule has 1 saturated carbocycles. The number of halogens is 1. The second kappa shape index (κ2) is 4.64. The van der Waals surface area contributed by atoms with Gasteiger partial charge in [-0.05, 0) is 43.4 Å². The van der Waals surface area contributed by atoms with Crippen molar-refractivity contribution >= 4 is 17.3 Å². The molecule has 0 saturated heterocycles. The number of rotatable bonds is 4. The highest BCUT2D eigenvalue weighted by molar-refractivity contribution is 6.33. The van der Waals surface area contributed by atoms with Crippen molar-refractivity contribution in [3.8, 4) is 0 Å². The summed E-state index contributed by atoms with van der Waals surface area (Å²) in [5.41, 5.74) is 1.92. The summed E-state index contributed by atoms with van der Waals surface area (Å²) < 4.78 is 0. The summed E-state index contributed by atoms with van der Waals surface area (Å²) in [6, 6.07) is 5.78. The molecule has 1 aromatic carbocycles. The van der Waals surface area contributed by atoms with Crippen molar-refractivity contribution in [1.29, 1.82) is 0 Å². The summed E-state index contributed by atoms with van der Waals surface area (Å²) in [6.07, 6.45) is 2.22. The van der Waals surface area contributed by atoms with Gasteiger partial charge in [-0.1, -0.05) is 17.7 Å². The van der Waals surface area contributed by atoms with Crippen LogP contribution < -0.4 is 4.90 Å². The maximum atomic E-state index is 9.46. The van der Waals surface area contributed by atoms with Crippen LogP contribution in [-0.4, -0.2) is 18.7 Å². The first-order valence-electron chi connectivity index (χ1n) is 5.76. The van der Waals surface area contributed by atoms with E-state index < -0.39 is 6.10 Å². The standard InChI is InChI=1S/C13H18ClNO/c1-9(16)11-5-6-13(12(14)7-11)15(2)8-10-3-4-10/h5-7,9-10,16H,3-4,8H2,1-2H3/t9-/m1/s1. The Balaban J connectivity index is 2.14. The van der Waals surface area contributed by atoms with Crippen molar-refractivity contribution in [3.05, 3.63) is 28.8 Å². The first-order chi connectivity index (χ1) is 7.58. The van der Waals surface area contributed by atoms with Gasteiger partial charge in [-0.2, -0.15) is 0 Å². The molecule has 0 radical (unpaired) electrons. The summed E-state index contributed by atoms with van der Waals surface area (Å²) in [5, 5.41) is 10.2. The van der Waals surface area contributed by atoms with Gasteiger partial charge in [0.15, 0.2) is 0 Å². The van der Waals surface area contributed by atoms with Crippen LogP contribution in [0.3, 0.4) is 0 Å². The second-order valence-electron chi connectivity index (χ2n) is 4.71. The van der Waals surface area contributed by atoms with Gasteiger partial charge in [0.1, 0.15) is 0 Å². The number of hydrogen-bond donors (Lipinski definition) is 1. The summed E-state index contributed by atoms with van der Waals surface area (Å²) in [4.78, 5) is 2.20. The van der Waals surface area contributed by atoms with Crippen LogP contribution in [0.2, 0.25) is 5.02 Å². The molecule has 16 heavy (non-hydrogen) atoms. The molecule has 0 bridgehead atoms. The van der Waals surface area contributed by atoms with Crippen molar-refractivity contribution in [2.45, 2.75) is 25.9 Å². The summed E-state index contributed by atoms with van der Waals surface area (Å²) >= 11 is 6.22. The van der Waals surface area contributed by atoms with Gasteiger partial charge in [0, 0.05) is 13.6 Å². The van der Waals surface area contributed by atoms with Crippen molar-refractivity contribution in [2.24, 2.45) is 5.92 Å². The fraction of sp³-hybridized carbons (Fsp3) is 0.538. The molecule has 3 heteroatoms. The highest BCUT2D eigenvalue weighted by Crippen LogP contribution is 2.33. The smallest absolute Gasteiger partial charge is 0.0762 e. The van der Waals surface area contributed by atoms with E-state index in [1.165, 1.54) is 12.8 Å². The second-order valence-corrected chi connectivity index (χ2v) is 5.12. The van der Waals surface area contributed by atoms with Crippen molar-refractivity contribution in [1.82, 2.24) is 0 Å². The number of benzene rings is 1. The molecule has 1 atom stereocenters. The van der Waals surface area contributed by atoms with E-state index in [2.05, 4.69) is 11.9 Å². The lowest BCUT2D eigenvalue weighted by Crippen LogP contribution is -2.20. The van der Waals surface area contributed by atoms with Gasteiger partial charge < -0.3 is 10.0 Å². The predicted octanol–water partition coefficient (Wildman–Crippen LogP) is 3.24. The molecule has 1 aliphatic rings. The van der Waals surface area contributed by atoms with Gasteiger partial charge in [-0.3, -0.25) is 0 Å². The number of nitrogens with zero attached hydrogens (tertiary/aromatic N) is 1. The van der Waals surface area contributed by atoms with Crippen molar-refractivity contribution < 1.29 is 5.11 Å². The molecule has 0 aliphatic heterocycles. The third-order valence-electron chi connectivity index (χ3n) is 3.09. The van der Waals surface area contributed by atoms with E-state index in [0.29, 0.717) is 0 Å². The van der Waals surface area contributed by atoms with Crippen LogP contribution in [0.5, 0.6) is 0 Å². The predicted molar refractivity (Wildman–Crippen MR) is 68.1 cm³/mol. The molecule has 1 aromatic rings. The normalized spacial score (nSPS) is 17.2. The zero-order valence-electron chi connectivity index (χ0n) is 9.78. The van der Waals surface area contributed by atoms with Crippen LogP contribution in [0.4, 0.5) is 5.69 Å². The fourth-order valence-corrected chi connectivity index (χ4v) is 2.21. The molecule has 2 nitrogen and oxygen atoms in total. The highest BCUT2D eigenvalue weighted by atomic mass is 35.5. The number of aliphatic hydroxyl groups is 1. The number of aliphatic hydroxyl groups excluding tert-OH is 1. The minimum Gasteiger partial charge on any atom is -0.389 e. The van der Waals surface area contributed by atoms with E-state index >= 15 is 0 Å². The molecular formula is C13H18ClNO. The Kier molecular flexibility index (Phi) is 3.41. The average molecular weight is 240 g/mol. The van der Waals surface area contributed by atoms with E-state index in [1.807, 2.05) is 18.2 Å². The molecule has 0 spiro atoms. The van der Waals surface area contributed by atoms with Crippen LogP contribution in [0, 0.1) is 5.92 Å². The van der Waals surface area contributed by atoms with Crippen LogP contribution in [0.1, 0.15) is 31.4 Å². The Morgan fingerprint density at radius 2 is 2.19 bits per heavy atom. The van der Waals surface area contributed by atoms with Gasteiger partial charge in [0.25, 0.3) is 0 Å². The Bertz CT molecular complexity index is 374. The maximum absolute atomic E-state index is 9.46. The molecule has 0 unspecified atom stereocenters. The molecule has 1 N–H and O–H groups in total. The van der Waals surface area contributed by atoms with Gasteiger partial charge >= 0.3 is 0 Å². The molecule has 88 valence electrons. The largest absolute Gasteiger partial charge is 0.389 e. The third kappa shape index (κ3) is 2.69. The van der Waals surface area contributed by atoms with Crippen molar-refractivity contribution in [3.63, 3.8) is 0 Å². The first-order valence-corrected chi connectivity index (χ1v) is 6.14. The fourth-order valence-electron chi connectivity index (χ4n) is 1.88. The molecule has 0 heterocycles. The van der Waals surface area contributed by atoms with Gasteiger partial charge in [-0.15, -0.1) is 0 Å². The highest BCUT2D eigenvalue weighted by Gasteiger charge is 2.23. The zero-order chi connectivity index (χ0) is 11.7. The van der Waals surface area contributed by atoms with Gasteiger partial charge in [0.2, 0.25) is 0 Å². The van der Waals surface area contributed by atoms with E-state index in [0.717, 1.165) is 28.7 Å². The van der Waals surface area contributed by atoms with Crippen LogP contribution in [0.25, 0.3) is 0 Å². The summed E-state index contributed by atoms with van der Waals surface area (Å²) in [5.74, 6) is 0.845. The summed E-state index contributed by atoms with van der Waals surface area (Å²) in [7, 11) is 2.07.